The first-order valence-electron chi connectivity index (χ1n) is 7.91. The van der Waals surface area contributed by atoms with Crippen molar-refractivity contribution in [3.8, 4) is 0 Å². The molecule has 0 radical (unpaired) electrons. The van der Waals surface area contributed by atoms with Gasteiger partial charge in [0.05, 0.1) is 5.75 Å². The molecule has 2 N–H and O–H groups in total. The van der Waals surface area contributed by atoms with Gasteiger partial charge in [-0.15, -0.1) is 0 Å². The minimum Gasteiger partial charge on any atom is -0.328 e. The molecule has 3 saturated heterocycles. The molecule has 0 spiro atoms. The highest BCUT2D eigenvalue weighted by Gasteiger charge is 2.46. The molecule has 3 aliphatic heterocycles. The van der Waals surface area contributed by atoms with Gasteiger partial charge in [0.25, 0.3) is 0 Å². The zero-order valence-electron chi connectivity index (χ0n) is 12.4. The normalized spacial score (nSPS) is 37.4. The van der Waals surface area contributed by atoms with E-state index in [1.165, 1.54) is 0 Å². The molecular weight excluding hydrogens is 274 g/mol. The molecular formula is C14H27N3O2S. The molecule has 2 unspecified atom stereocenters. The third-order valence-electron chi connectivity index (χ3n) is 5.31. The average Bonchev–Trinajstić information content (AvgIpc) is 2.66. The van der Waals surface area contributed by atoms with Crippen molar-refractivity contribution in [3.63, 3.8) is 0 Å². The van der Waals surface area contributed by atoms with Crippen LogP contribution in [0.15, 0.2) is 0 Å². The summed E-state index contributed by atoms with van der Waals surface area (Å²) in [6.07, 6.45) is 5.74. The van der Waals surface area contributed by atoms with Gasteiger partial charge in [0, 0.05) is 18.1 Å². The van der Waals surface area contributed by atoms with Crippen molar-refractivity contribution in [2.24, 2.45) is 11.7 Å². The van der Waals surface area contributed by atoms with Crippen LogP contribution in [-0.2, 0) is 10.0 Å². The summed E-state index contributed by atoms with van der Waals surface area (Å²) in [4.78, 5) is 2.28. The van der Waals surface area contributed by atoms with Gasteiger partial charge in [-0.1, -0.05) is 0 Å². The molecule has 2 atom stereocenters. The zero-order chi connectivity index (χ0) is 14.3. The van der Waals surface area contributed by atoms with Crippen molar-refractivity contribution in [1.29, 1.82) is 0 Å². The van der Waals surface area contributed by atoms with Gasteiger partial charge < -0.3 is 10.6 Å². The monoisotopic (exact) mass is 301 g/mol. The van der Waals surface area contributed by atoms with E-state index in [1.807, 2.05) is 4.31 Å². The Balaban J connectivity index is 1.66. The van der Waals surface area contributed by atoms with Crippen LogP contribution >= 0.6 is 0 Å². The number of nitrogens with zero attached hydrogens (tertiary/aromatic N) is 2. The van der Waals surface area contributed by atoms with Gasteiger partial charge in [0.15, 0.2) is 0 Å². The molecule has 5 nitrogen and oxygen atoms in total. The number of fused-ring (bicyclic) bond motifs is 2. The highest BCUT2D eigenvalue weighted by molar-refractivity contribution is 7.89. The Hall–Kier alpha value is -0.170. The summed E-state index contributed by atoms with van der Waals surface area (Å²) in [5, 5.41) is 0. The summed E-state index contributed by atoms with van der Waals surface area (Å²) in [7, 11) is -0.992. The molecule has 3 fully saturated rings. The molecule has 3 heterocycles. The van der Waals surface area contributed by atoms with Gasteiger partial charge in [0.1, 0.15) is 0 Å². The maximum absolute atomic E-state index is 12.8. The van der Waals surface area contributed by atoms with Crippen molar-refractivity contribution >= 4 is 10.0 Å². The van der Waals surface area contributed by atoms with Crippen molar-refractivity contribution in [3.05, 3.63) is 0 Å². The Bertz CT molecular complexity index is 431. The van der Waals surface area contributed by atoms with Crippen molar-refractivity contribution in [2.45, 2.75) is 56.7 Å². The summed E-state index contributed by atoms with van der Waals surface area (Å²) in [5.74, 6) is 0.689. The summed E-state index contributed by atoms with van der Waals surface area (Å²) >= 11 is 0. The van der Waals surface area contributed by atoms with Gasteiger partial charge in [-0.25, -0.2) is 8.42 Å². The van der Waals surface area contributed by atoms with Crippen LogP contribution in [0.1, 0.15) is 38.5 Å². The highest BCUT2D eigenvalue weighted by atomic mass is 32.2. The van der Waals surface area contributed by atoms with Crippen molar-refractivity contribution < 1.29 is 8.42 Å². The lowest BCUT2D eigenvalue weighted by Gasteiger charge is -2.38. The molecule has 116 valence electrons. The fourth-order valence-corrected chi connectivity index (χ4v) is 6.64. The average molecular weight is 301 g/mol. The quantitative estimate of drug-likeness (QED) is 0.829. The Morgan fingerprint density at radius 1 is 1.05 bits per heavy atom. The minimum atomic E-state index is -3.10. The van der Waals surface area contributed by atoms with E-state index >= 15 is 0 Å². The molecule has 3 aliphatic rings. The summed E-state index contributed by atoms with van der Waals surface area (Å²) in [6.45, 7) is 2.05. The number of hydrogen-bond donors (Lipinski definition) is 1. The summed E-state index contributed by atoms with van der Waals surface area (Å²) in [6, 6.07) is 0.558. The SMILES string of the molecule is CN1CCC(CS(=O)(=O)N2C3CCC2CC(N)C3)CC1. The van der Waals surface area contributed by atoms with Crippen LogP contribution < -0.4 is 5.73 Å². The number of nitrogens with two attached hydrogens (primary N) is 1. The third kappa shape index (κ3) is 2.89. The van der Waals surface area contributed by atoms with Gasteiger partial charge in [-0.05, 0) is 64.6 Å². The molecule has 0 aromatic carbocycles. The molecule has 0 amide bonds. The van der Waals surface area contributed by atoms with E-state index in [2.05, 4.69) is 11.9 Å². The van der Waals surface area contributed by atoms with Crippen molar-refractivity contribution in [2.75, 3.05) is 25.9 Å². The number of rotatable bonds is 3. The second kappa shape index (κ2) is 5.55. The van der Waals surface area contributed by atoms with E-state index in [-0.39, 0.29) is 18.1 Å². The van der Waals surface area contributed by atoms with Crippen LogP contribution in [0, 0.1) is 5.92 Å². The Labute approximate surface area is 122 Å². The Morgan fingerprint density at radius 2 is 1.60 bits per heavy atom. The molecule has 3 rings (SSSR count). The van der Waals surface area contributed by atoms with Crippen molar-refractivity contribution in [1.82, 2.24) is 9.21 Å². The highest BCUT2D eigenvalue weighted by Crippen LogP contribution is 2.38. The molecule has 2 bridgehead atoms. The molecule has 0 saturated carbocycles. The number of sulfonamides is 1. The summed E-state index contributed by atoms with van der Waals surface area (Å²) < 4.78 is 27.4. The first-order chi connectivity index (χ1) is 9.45. The third-order valence-corrected chi connectivity index (χ3v) is 7.44. The second-order valence-corrected chi connectivity index (χ2v) is 8.89. The zero-order valence-corrected chi connectivity index (χ0v) is 13.2. The number of piperidine rings is 2. The standard InChI is InChI=1S/C14H27N3O2S/c1-16-6-4-11(5-7-16)10-20(18,19)17-13-2-3-14(17)9-12(15)8-13/h11-14H,2-10,15H2,1H3. The van der Waals surface area contributed by atoms with Gasteiger partial charge in [0.2, 0.25) is 10.0 Å². The summed E-state index contributed by atoms with van der Waals surface area (Å²) in [5.41, 5.74) is 6.03. The second-order valence-electron chi connectivity index (χ2n) is 6.97. The molecule has 0 aromatic rings. The van der Waals surface area contributed by atoms with Crippen LogP contribution in [0.4, 0.5) is 0 Å². The molecule has 0 aliphatic carbocycles. The van der Waals surface area contributed by atoms with E-state index in [1.54, 1.807) is 0 Å². The lowest BCUT2D eigenvalue weighted by Crippen LogP contribution is -2.51. The topological polar surface area (TPSA) is 66.6 Å². The fraction of sp³-hybridized carbons (Fsp3) is 1.00. The number of hydrogen-bond acceptors (Lipinski definition) is 4. The first kappa shape index (κ1) is 14.8. The van der Waals surface area contributed by atoms with E-state index in [9.17, 15) is 8.42 Å². The van der Waals surface area contributed by atoms with E-state index in [0.717, 1.165) is 51.6 Å². The van der Waals surface area contributed by atoms with Gasteiger partial charge in [-0.3, -0.25) is 0 Å². The lowest BCUT2D eigenvalue weighted by molar-refractivity contribution is 0.214. The minimum absolute atomic E-state index is 0.181. The van der Waals surface area contributed by atoms with Crippen LogP contribution in [0.25, 0.3) is 0 Å². The van der Waals surface area contributed by atoms with E-state index in [4.69, 9.17) is 5.73 Å². The van der Waals surface area contributed by atoms with E-state index < -0.39 is 10.0 Å². The first-order valence-corrected chi connectivity index (χ1v) is 9.52. The van der Waals surface area contributed by atoms with Gasteiger partial charge >= 0.3 is 0 Å². The smallest absolute Gasteiger partial charge is 0.214 e. The van der Waals surface area contributed by atoms with Crippen LogP contribution in [-0.4, -0.2) is 61.6 Å². The molecule has 0 aromatic heterocycles. The van der Waals surface area contributed by atoms with Crippen LogP contribution in [0.2, 0.25) is 0 Å². The Morgan fingerprint density at radius 3 is 2.15 bits per heavy atom. The number of likely N-dealkylation sites (tertiary alicyclic amines) is 1. The van der Waals surface area contributed by atoms with E-state index in [0.29, 0.717) is 11.7 Å². The predicted octanol–water partition coefficient (Wildman–Crippen LogP) is 0.612. The Kier molecular flexibility index (Phi) is 4.10. The molecule has 6 heteroatoms. The predicted molar refractivity (Wildman–Crippen MR) is 79.9 cm³/mol. The van der Waals surface area contributed by atoms with Gasteiger partial charge in [-0.2, -0.15) is 4.31 Å². The maximum atomic E-state index is 12.8. The van der Waals surface area contributed by atoms with Crippen LogP contribution in [0.5, 0.6) is 0 Å². The van der Waals surface area contributed by atoms with Crippen LogP contribution in [0.3, 0.4) is 0 Å². The molecule has 20 heavy (non-hydrogen) atoms. The largest absolute Gasteiger partial charge is 0.328 e. The fourth-order valence-electron chi connectivity index (χ4n) is 4.24. The maximum Gasteiger partial charge on any atom is 0.214 e. The lowest BCUT2D eigenvalue weighted by atomic mass is 10.00.